The molecule has 0 amide bonds. The van der Waals surface area contributed by atoms with Crippen LogP contribution in [-0.4, -0.2) is 17.6 Å². The van der Waals surface area contributed by atoms with Gasteiger partial charge in [-0.05, 0) is 38.8 Å². The molecule has 0 saturated carbocycles. The van der Waals surface area contributed by atoms with Gasteiger partial charge in [-0.3, -0.25) is 4.98 Å². The highest BCUT2D eigenvalue weighted by molar-refractivity contribution is 5.82. The summed E-state index contributed by atoms with van der Waals surface area (Å²) in [5.41, 5.74) is 2.16. The zero-order chi connectivity index (χ0) is 14.8. The third kappa shape index (κ3) is 6.00. The summed E-state index contributed by atoms with van der Waals surface area (Å²) in [5, 5.41) is 0. The summed E-state index contributed by atoms with van der Waals surface area (Å²) in [6.45, 7) is 6.41. The minimum Gasteiger partial charge on any atom is -0.463 e. The fourth-order valence-electron chi connectivity index (χ4n) is 2.26. The number of unbranched alkanes of at least 4 members (excludes halogenated alkanes) is 1. The second-order valence-electron chi connectivity index (χ2n) is 5.04. The molecule has 1 heterocycles. The van der Waals surface area contributed by atoms with Gasteiger partial charge in [-0.1, -0.05) is 31.4 Å². The number of hydrogen-bond donors (Lipinski definition) is 0. The van der Waals surface area contributed by atoms with Crippen LogP contribution >= 0.6 is 0 Å². The Hall–Kier alpha value is -1.64. The van der Waals surface area contributed by atoms with E-state index in [0.717, 1.165) is 24.1 Å². The molecule has 3 heteroatoms. The predicted molar refractivity (Wildman–Crippen MR) is 81.5 cm³/mol. The van der Waals surface area contributed by atoms with Crippen molar-refractivity contribution in [2.24, 2.45) is 0 Å². The van der Waals surface area contributed by atoms with Crippen LogP contribution in [0.4, 0.5) is 0 Å². The van der Waals surface area contributed by atoms with E-state index < -0.39 is 0 Å². The van der Waals surface area contributed by atoms with E-state index in [0.29, 0.717) is 12.5 Å². The minimum atomic E-state index is -0.250. The van der Waals surface area contributed by atoms with Gasteiger partial charge in [0.2, 0.25) is 0 Å². The first-order valence-corrected chi connectivity index (χ1v) is 7.42. The molecule has 1 rings (SSSR count). The van der Waals surface area contributed by atoms with Crippen LogP contribution in [0.25, 0.3) is 0 Å². The van der Waals surface area contributed by atoms with E-state index in [2.05, 4.69) is 18.0 Å². The Balaban J connectivity index is 2.72. The molecule has 1 aromatic rings. The fraction of sp³-hybridized carbons (Fsp3) is 0.529. The van der Waals surface area contributed by atoms with Gasteiger partial charge in [0.25, 0.3) is 0 Å². The number of nitrogens with zero attached hydrogens (tertiary/aromatic N) is 1. The van der Waals surface area contributed by atoms with Gasteiger partial charge < -0.3 is 4.74 Å². The van der Waals surface area contributed by atoms with Gasteiger partial charge in [-0.2, -0.15) is 0 Å². The molecule has 1 atom stereocenters. The van der Waals surface area contributed by atoms with Crippen molar-refractivity contribution in [1.29, 1.82) is 0 Å². The van der Waals surface area contributed by atoms with Crippen molar-refractivity contribution in [2.45, 2.75) is 52.4 Å². The van der Waals surface area contributed by atoms with E-state index in [9.17, 15) is 4.79 Å². The lowest BCUT2D eigenvalue weighted by atomic mass is 9.91. The van der Waals surface area contributed by atoms with Crippen molar-refractivity contribution in [1.82, 2.24) is 4.98 Å². The van der Waals surface area contributed by atoms with E-state index in [1.807, 2.05) is 32.2 Å². The van der Waals surface area contributed by atoms with Gasteiger partial charge in [0.15, 0.2) is 0 Å². The maximum Gasteiger partial charge on any atom is 0.330 e. The first-order valence-electron chi connectivity index (χ1n) is 7.42. The Morgan fingerprint density at radius 1 is 1.40 bits per heavy atom. The molecule has 0 spiro atoms. The lowest BCUT2D eigenvalue weighted by Gasteiger charge is -2.16. The smallest absolute Gasteiger partial charge is 0.330 e. The molecule has 0 bridgehead atoms. The molecule has 0 saturated heterocycles. The Bertz CT molecular complexity index is 426. The van der Waals surface area contributed by atoms with Crippen LogP contribution in [0, 0.1) is 0 Å². The molecular formula is C17H25NO2. The van der Waals surface area contributed by atoms with Crippen molar-refractivity contribution in [2.75, 3.05) is 6.61 Å². The van der Waals surface area contributed by atoms with Gasteiger partial charge in [0, 0.05) is 23.9 Å². The lowest BCUT2D eigenvalue weighted by Crippen LogP contribution is -2.05. The first-order chi connectivity index (χ1) is 9.67. The van der Waals surface area contributed by atoms with Crippen LogP contribution in [-0.2, 0) is 9.53 Å². The number of ether oxygens (including phenoxy) is 1. The molecule has 0 N–H and O–H groups in total. The molecule has 20 heavy (non-hydrogen) atoms. The Morgan fingerprint density at radius 2 is 2.20 bits per heavy atom. The lowest BCUT2D eigenvalue weighted by molar-refractivity contribution is -0.137. The fourth-order valence-corrected chi connectivity index (χ4v) is 2.26. The number of aromatic nitrogens is 1. The van der Waals surface area contributed by atoms with Gasteiger partial charge in [0.1, 0.15) is 0 Å². The predicted octanol–water partition coefficient (Wildman–Crippen LogP) is 4.25. The van der Waals surface area contributed by atoms with E-state index in [1.165, 1.54) is 12.8 Å². The Kier molecular flexibility index (Phi) is 7.63. The summed E-state index contributed by atoms with van der Waals surface area (Å²) >= 11 is 0. The van der Waals surface area contributed by atoms with E-state index >= 15 is 0 Å². The average molecular weight is 275 g/mol. The Labute approximate surface area is 122 Å². The largest absolute Gasteiger partial charge is 0.463 e. The number of carbonyl (C=O) groups is 1. The van der Waals surface area contributed by atoms with Crippen molar-refractivity contribution >= 4 is 5.97 Å². The van der Waals surface area contributed by atoms with Gasteiger partial charge in [-0.25, -0.2) is 4.79 Å². The molecule has 0 radical (unpaired) electrons. The van der Waals surface area contributed by atoms with Crippen molar-refractivity contribution in [3.8, 4) is 0 Å². The molecule has 0 aliphatic heterocycles. The van der Waals surface area contributed by atoms with Gasteiger partial charge in [-0.15, -0.1) is 0 Å². The monoisotopic (exact) mass is 275 g/mol. The molecular weight excluding hydrogens is 250 g/mol. The molecule has 110 valence electrons. The zero-order valence-corrected chi connectivity index (χ0v) is 12.8. The second kappa shape index (κ2) is 9.29. The summed E-state index contributed by atoms with van der Waals surface area (Å²) in [4.78, 5) is 15.9. The number of pyridine rings is 1. The average Bonchev–Trinajstić information content (AvgIpc) is 2.44. The zero-order valence-electron chi connectivity index (χ0n) is 12.8. The SMILES string of the molecule is CCCCC(C/C(C)=C/C(=O)OCC)c1ccccn1. The molecule has 0 fully saturated rings. The Morgan fingerprint density at radius 3 is 2.80 bits per heavy atom. The maximum atomic E-state index is 11.5. The highest BCUT2D eigenvalue weighted by Gasteiger charge is 2.13. The third-order valence-electron chi connectivity index (χ3n) is 3.23. The number of rotatable bonds is 8. The quantitative estimate of drug-likeness (QED) is 0.526. The van der Waals surface area contributed by atoms with Crippen LogP contribution in [0.1, 0.15) is 58.1 Å². The molecule has 1 unspecified atom stereocenters. The molecule has 0 aliphatic rings. The van der Waals surface area contributed by atoms with Crippen LogP contribution in [0.5, 0.6) is 0 Å². The molecule has 3 nitrogen and oxygen atoms in total. The van der Waals surface area contributed by atoms with Crippen LogP contribution in [0.2, 0.25) is 0 Å². The van der Waals surface area contributed by atoms with Crippen molar-refractivity contribution < 1.29 is 9.53 Å². The second-order valence-corrected chi connectivity index (χ2v) is 5.04. The third-order valence-corrected chi connectivity index (χ3v) is 3.23. The summed E-state index contributed by atoms with van der Waals surface area (Å²) in [6.07, 6.45) is 7.74. The first kappa shape index (κ1) is 16.4. The topological polar surface area (TPSA) is 39.2 Å². The highest BCUT2D eigenvalue weighted by atomic mass is 16.5. The minimum absolute atomic E-state index is 0.250. The normalized spacial score (nSPS) is 13.1. The van der Waals surface area contributed by atoms with E-state index in [-0.39, 0.29) is 5.97 Å². The number of hydrogen-bond acceptors (Lipinski definition) is 3. The number of esters is 1. The number of carbonyl (C=O) groups excluding carboxylic acids is 1. The molecule has 0 aromatic carbocycles. The van der Waals surface area contributed by atoms with Gasteiger partial charge in [0.05, 0.1) is 6.61 Å². The van der Waals surface area contributed by atoms with E-state index in [1.54, 1.807) is 6.08 Å². The molecule has 1 aromatic heterocycles. The summed E-state index contributed by atoms with van der Waals surface area (Å²) in [7, 11) is 0. The standard InChI is InChI=1S/C17H25NO2/c1-4-6-9-15(16-10-7-8-11-18-16)12-14(3)13-17(19)20-5-2/h7-8,10-11,13,15H,4-6,9,12H2,1-3H3/b14-13+. The van der Waals surface area contributed by atoms with E-state index in [4.69, 9.17) is 4.74 Å². The maximum absolute atomic E-state index is 11.5. The van der Waals surface area contributed by atoms with Crippen LogP contribution < -0.4 is 0 Å². The summed E-state index contributed by atoms with van der Waals surface area (Å²) < 4.78 is 4.95. The summed E-state index contributed by atoms with van der Waals surface area (Å²) in [6, 6.07) is 6.02. The van der Waals surface area contributed by atoms with Crippen LogP contribution in [0.15, 0.2) is 36.0 Å². The van der Waals surface area contributed by atoms with Crippen molar-refractivity contribution in [3.05, 3.63) is 41.7 Å². The summed E-state index contributed by atoms with van der Waals surface area (Å²) in [5.74, 6) is 0.127. The highest BCUT2D eigenvalue weighted by Crippen LogP contribution is 2.27. The van der Waals surface area contributed by atoms with Gasteiger partial charge >= 0.3 is 5.97 Å². The van der Waals surface area contributed by atoms with Crippen LogP contribution in [0.3, 0.4) is 0 Å². The molecule has 0 aliphatic carbocycles. The van der Waals surface area contributed by atoms with Crippen molar-refractivity contribution in [3.63, 3.8) is 0 Å². The number of allylic oxidation sites excluding steroid dienone is 1.